The van der Waals surface area contributed by atoms with Crippen LogP contribution in [0.15, 0.2) is 42.5 Å². The van der Waals surface area contributed by atoms with Crippen LogP contribution in [-0.4, -0.2) is 16.9 Å². The number of fused-ring (bicyclic) bond motifs is 3. The number of carbonyl (C=O) groups excluding carboxylic acids is 1. The molecule has 6 rings (SSSR count). The molecule has 36 heavy (non-hydrogen) atoms. The third kappa shape index (κ3) is 3.26. The number of hydrogen-bond donors (Lipinski definition) is 2. The smallest absolute Gasteiger partial charge is 0.281 e. The zero-order valence-electron chi connectivity index (χ0n) is 18.9. The lowest BCUT2D eigenvalue weighted by Gasteiger charge is -2.31. The Morgan fingerprint density at radius 2 is 1.83 bits per heavy atom. The third-order valence-electron chi connectivity index (χ3n) is 7.62. The first-order chi connectivity index (χ1) is 17.2. The summed E-state index contributed by atoms with van der Waals surface area (Å²) in [6.07, 6.45) is -3.84. The van der Waals surface area contributed by atoms with Gasteiger partial charge in [-0.25, -0.2) is 17.6 Å². The number of carbonyl (C=O) groups is 1. The van der Waals surface area contributed by atoms with E-state index in [0.29, 0.717) is 33.5 Å². The summed E-state index contributed by atoms with van der Waals surface area (Å²) < 4.78 is 58.9. The molecule has 1 aliphatic heterocycles. The summed E-state index contributed by atoms with van der Waals surface area (Å²) >= 11 is 0. The Morgan fingerprint density at radius 3 is 2.61 bits per heavy atom. The maximum atomic E-state index is 15.0. The summed E-state index contributed by atoms with van der Waals surface area (Å²) in [4.78, 5) is 12.0. The van der Waals surface area contributed by atoms with E-state index < -0.39 is 36.4 Å². The number of amides is 1. The number of nitrogens with zero attached hydrogens (tertiary/aromatic N) is 1. The van der Waals surface area contributed by atoms with E-state index in [9.17, 15) is 32.7 Å². The first-order valence-electron chi connectivity index (χ1n) is 11.7. The number of nitrogens with one attached hydrogen (secondary N) is 1. The van der Waals surface area contributed by atoms with Gasteiger partial charge in [-0.1, -0.05) is 24.3 Å². The molecule has 0 saturated carbocycles. The number of benzene rings is 3. The third-order valence-corrected chi connectivity index (χ3v) is 7.62. The van der Waals surface area contributed by atoms with Crippen LogP contribution in [0.2, 0.25) is 0 Å². The van der Waals surface area contributed by atoms with Gasteiger partial charge in [0.25, 0.3) is 5.92 Å². The van der Waals surface area contributed by atoms with Crippen molar-refractivity contribution < 1.29 is 27.5 Å². The monoisotopic (exact) mass is 492 g/mol. The maximum absolute atomic E-state index is 15.0. The number of rotatable bonds is 2. The average Bonchev–Trinajstić information content (AvgIpc) is 3.34. The van der Waals surface area contributed by atoms with Crippen molar-refractivity contribution in [3.05, 3.63) is 87.2 Å². The molecule has 3 unspecified atom stereocenters. The second-order valence-electron chi connectivity index (χ2n) is 9.66. The number of hydrogen-bond acceptors (Lipinski definition) is 3. The molecule has 3 aromatic carbocycles. The fourth-order valence-electron chi connectivity index (χ4n) is 6.10. The van der Waals surface area contributed by atoms with Gasteiger partial charge < -0.3 is 10.4 Å². The fourth-order valence-corrected chi connectivity index (χ4v) is 6.10. The molecule has 1 heterocycles. The second-order valence-corrected chi connectivity index (χ2v) is 9.66. The molecule has 1 amide bonds. The van der Waals surface area contributed by atoms with Crippen LogP contribution in [0.4, 0.5) is 23.2 Å². The molecule has 2 aliphatic carbocycles. The molecule has 0 spiro atoms. The normalized spacial score (nSPS) is 23.4. The van der Waals surface area contributed by atoms with Gasteiger partial charge in [-0.15, -0.1) is 0 Å². The van der Waals surface area contributed by atoms with Crippen LogP contribution >= 0.6 is 0 Å². The van der Waals surface area contributed by atoms with Crippen LogP contribution in [0, 0.1) is 17.1 Å². The van der Waals surface area contributed by atoms with Gasteiger partial charge in [-0.3, -0.25) is 4.79 Å². The molecular weight excluding hydrogens is 472 g/mol. The molecule has 0 fully saturated rings. The molecule has 3 aliphatic rings. The van der Waals surface area contributed by atoms with Gasteiger partial charge in [0.15, 0.2) is 0 Å². The molecule has 0 saturated heterocycles. The Kier molecular flexibility index (Phi) is 4.99. The summed E-state index contributed by atoms with van der Waals surface area (Å²) in [6.45, 7) is 0. The molecule has 0 aromatic heterocycles. The minimum atomic E-state index is -3.43. The lowest BCUT2D eigenvalue weighted by Crippen LogP contribution is -2.22. The topological polar surface area (TPSA) is 73.1 Å². The summed E-state index contributed by atoms with van der Waals surface area (Å²) in [5, 5.41) is 23.2. The Labute approximate surface area is 204 Å². The van der Waals surface area contributed by atoms with Gasteiger partial charge in [0.1, 0.15) is 18.1 Å². The predicted molar refractivity (Wildman–Crippen MR) is 124 cm³/mol. The average molecular weight is 492 g/mol. The zero-order chi connectivity index (χ0) is 25.4. The molecule has 0 bridgehead atoms. The molecule has 8 heteroatoms. The highest BCUT2D eigenvalue weighted by Crippen LogP contribution is 2.53. The predicted octanol–water partition coefficient (Wildman–Crippen LogP) is 6.02. The highest BCUT2D eigenvalue weighted by atomic mass is 19.3. The van der Waals surface area contributed by atoms with Crippen molar-refractivity contribution in [1.82, 2.24) is 0 Å². The minimum Gasteiger partial charge on any atom is -0.382 e. The first-order valence-corrected chi connectivity index (χ1v) is 11.7. The van der Waals surface area contributed by atoms with Gasteiger partial charge in [0.2, 0.25) is 5.91 Å². The fraction of sp³-hybridized carbons (Fsp3) is 0.286. The highest BCUT2D eigenvalue weighted by molar-refractivity contribution is 6.02. The van der Waals surface area contributed by atoms with Crippen molar-refractivity contribution in [3.63, 3.8) is 0 Å². The largest absolute Gasteiger partial charge is 0.382 e. The number of aliphatic hydroxyl groups excluding tert-OH is 1. The van der Waals surface area contributed by atoms with E-state index in [-0.39, 0.29) is 47.4 Å². The standard InChI is InChI=1S/C28H20F4N2O2/c29-14-8-13(12-33)25-17(6-7-22(30)20(25)9-14)16-4-5-18(26-21(16)11-28(31,32)27(26)36)15-2-1-3-23-19(15)10-24(35)34-23/h1-5,8-9,17,22,27,36H,6-7,10-11H2,(H,34,35). The molecule has 0 radical (unpaired) electrons. The molecule has 182 valence electrons. The Balaban J connectivity index is 1.58. The number of halogens is 4. The van der Waals surface area contributed by atoms with Crippen molar-refractivity contribution in [2.24, 2.45) is 0 Å². The lowest BCUT2D eigenvalue weighted by molar-refractivity contribution is -0.115. The Hall–Kier alpha value is -3.70. The van der Waals surface area contributed by atoms with Gasteiger partial charge in [0.05, 0.1) is 18.1 Å². The van der Waals surface area contributed by atoms with Gasteiger partial charge in [0, 0.05) is 18.0 Å². The van der Waals surface area contributed by atoms with Gasteiger partial charge >= 0.3 is 0 Å². The van der Waals surface area contributed by atoms with Crippen molar-refractivity contribution in [1.29, 1.82) is 5.26 Å². The van der Waals surface area contributed by atoms with Crippen molar-refractivity contribution in [2.75, 3.05) is 5.32 Å². The van der Waals surface area contributed by atoms with E-state index >= 15 is 0 Å². The van der Waals surface area contributed by atoms with E-state index in [1.807, 2.05) is 6.07 Å². The van der Waals surface area contributed by atoms with E-state index in [0.717, 1.165) is 12.1 Å². The van der Waals surface area contributed by atoms with E-state index in [2.05, 4.69) is 5.32 Å². The summed E-state index contributed by atoms with van der Waals surface area (Å²) in [6, 6.07) is 12.6. The van der Waals surface area contributed by atoms with Crippen LogP contribution in [0.3, 0.4) is 0 Å². The van der Waals surface area contributed by atoms with Crippen molar-refractivity contribution in [3.8, 4) is 17.2 Å². The number of alkyl halides is 3. The van der Waals surface area contributed by atoms with Crippen LogP contribution < -0.4 is 5.32 Å². The lowest BCUT2D eigenvalue weighted by atomic mass is 9.74. The molecule has 3 atom stereocenters. The van der Waals surface area contributed by atoms with E-state index in [1.165, 1.54) is 0 Å². The van der Waals surface area contributed by atoms with Crippen LogP contribution in [0.25, 0.3) is 11.1 Å². The molecule has 3 aromatic rings. The quantitative estimate of drug-likeness (QED) is 0.430. The van der Waals surface area contributed by atoms with Crippen molar-refractivity contribution in [2.45, 2.75) is 49.8 Å². The molecule has 2 N–H and O–H groups in total. The first kappa shape index (κ1) is 22.7. The Morgan fingerprint density at radius 1 is 1.03 bits per heavy atom. The van der Waals surface area contributed by atoms with Crippen LogP contribution in [0.1, 0.15) is 70.0 Å². The van der Waals surface area contributed by atoms with Crippen molar-refractivity contribution >= 4 is 11.6 Å². The number of anilines is 1. The molecular formula is C28H20F4N2O2. The van der Waals surface area contributed by atoms with Crippen LogP contribution in [-0.2, 0) is 17.6 Å². The molecule has 4 nitrogen and oxygen atoms in total. The SMILES string of the molecule is N#Cc1cc(F)cc2c1C(c1ccc(-c3cccc4c3CC(=O)N4)c3c1CC(F)(F)C3O)CCC2F. The Bertz CT molecular complexity index is 1490. The van der Waals surface area contributed by atoms with Gasteiger partial charge in [-0.2, -0.15) is 5.26 Å². The van der Waals surface area contributed by atoms with E-state index in [1.54, 1.807) is 30.3 Å². The number of nitriles is 1. The number of aliphatic hydroxyl groups is 1. The summed E-state index contributed by atoms with van der Waals surface area (Å²) in [5.41, 5.74) is 3.42. The second kappa shape index (κ2) is 7.90. The van der Waals surface area contributed by atoms with Crippen LogP contribution in [0.5, 0.6) is 0 Å². The zero-order valence-corrected chi connectivity index (χ0v) is 18.9. The minimum absolute atomic E-state index is 0.0223. The maximum Gasteiger partial charge on any atom is 0.281 e. The van der Waals surface area contributed by atoms with Gasteiger partial charge in [-0.05, 0) is 75.5 Å². The summed E-state index contributed by atoms with van der Waals surface area (Å²) in [7, 11) is 0. The van der Waals surface area contributed by atoms with E-state index in [4.69, 9.17) is 0 Å². The summed E-state index contributed by atoms with van der Waals surface area (Å²) in [5.74, 6) is -4.96. The highest BCUT2D eigenvalue weighted by Gasteiger charge is 2.50.